The molecule has 0 bridgehead atoms. The zero-order valence-electron chi connectivity index (χ0n) is 11.5. The van der Waals surface area contributed by atoms with E-state index in [9.17, 15) is 17.2 Å². The second-order valence-corrected chi connectivity index (χ2v) is 8.04. The monoisotopic (exact) mass is 334 g/mol. The highest BCUT2D eigenvalue weighted by atomic mass is 32.2. The number of halogens is 2. The Kier molecular flexibility index (Phi) is 5.21. The molecule has 1 heterocycles. The van der Waals surface area contributed by atoms with Gasteiger partial charge in [-0.3, -0.25) is 4.57 Å². The van der Waals surface area contributed by atoms with E-state index in [2.05, 4.69) is 4.98 Å². The Balaban J connectivity index is 2.03. The SMILES string of the molecule is CS(=O)(=O)CCCCSc1nc2ccccc2n1C(F)F. The molecule has 0 spiro atoms. The second kappa shape index (κ2) is 6.74. The number of rotatable bonds is 7. The van der Waals surface area contributed by atoms with Crippen LogP contribution in [0.3, 0.4) is 0 Å². The van der Waals surface area contributed by atoms with Crippen molar-refractivity contribution in [1.82, 2.24) is 9.55 Å². The summed E-state index contributed by atoms with van der Waals surface area (Å²) in [7, 11) is -2.96. The van der Waals surface area contributed by atoms with Crippen molar-refractivity contribution < 1.29 is 17.2 Å². The molecule has 0 aliphatic heterocycles. The van der Waals surface area contributed by atoms with Crippen LogP contribution in [0.25, 0.3) is 11.0 Å². The maximum absolute atomic E-state index is 13.2. The van der Waals surface area contributed by atoms with Crippen molar-refractivity contribution in [2.24, 2.45) is 0 Å². The topological polar surface area (TPSA) is 52.0 Å². The molecule has 1 aromatic heterocycles. The van der Waals surface area contributed by atoms with E-state index in [1.165, 1.54) is 18.0 Å². The number of thioether (sulfide) groups is 1. The van der Waals surface area contributed by atoms with E-state index < -0.39 is 16.4 Å². The highest BCUT2D eigenvalue weighted by molar-refractivity contribution is 7.99. The summed E-state index contributed by atoms with van der Waals surface area (Å²) < 4.78 is 49.2. The molecule has 116 valence electrons. The lowest BCUT2D eigenvalue weighted by Crippen LogP contribution is -2.03. The van der Waals surface area contributed by atoms with Gasteiger partial charge < -0.3 is 0 Å². The number of hydrogen-bond acceptors (Lipinski definition) is 4. The average molecular weight is 334 g/mol. The summed E-state index contributed by atoms with van der Waals surface area (Å²) >= 11 is 1.23. The predicted molar refractivity (Wildman–Crippen MR) is 80.7 cm³/mol. The van der Waals surface area contributed by atoms with E-state index >= 15 is 0 Å². The maximum atomic E-state index is 13.2. The zero-order chi connectivity index (χ0) is 15.5. The molecule has 4 nitrogen and oxygen atoms in total. The number of para-hydroxylation sites is 2. The van der Waals surface area contributed by atoms with Gasteiger partial charge in [-0.15, -0.1) is 0 Å². The quantitative estimate of drug-likeness (QED) is 0.575. The van der Waals surface area contributed by atoms with E-state index in [4.69, 9.17) is 0 Å². The van der Waals surface area contributed by atoms with Crippen molar-refractivity contribution in [2.45, 2.75) is 24.5 Å². The van der Waals surface area contributed by atoms with E-state index in [0.29, 0.717) is 29.6 Å². The molecule has 0 fully saturated rings. The van der Waals surface area contributed by atoms with Crippen LogP contribution in [0.4, 0.5) is 8.78 Å². The van der Waals surface area contributed by atoms with Gasteiger partial charge in [-0.25, -0.2) is 13.4 Å². The number of benzene rings is 1. The Bertz CT molecular complexity index is 714. The number of alkyl halides is 2. The van der Waals surface area contributed by atoms with Gasteiger partial charge in [-0.05, 0) is 25.0 Å². The summed E-state index contributed by atoms with van der Waals surface area (Å²) in [4.78, 5) is 4.21. The van der Waals surface area contributed by atoms with Crippen LogP contribution in [-0.4, -0.2) is 35.7 Å². The molecular formula is C13H16F2N2O2S2. The fraction of sp³-hybridized carbons (Fsp3) is 0.462. The molecule has 1 aromatic carbocycles. The van der Waals surface area contributed by atoms with Crippen molar-refractivity contribution in [3.63, 3.8) is 0 Å². The molecule has 0 aliphatic carbocycles. The third-order valence-corrected chi connectivity index (χ3v) is 4.97. The minimum atomic E-state index is -2.96. The van der Waals surface area contributed by atoms with Crippen molar-refractivity contribution in [2.75, 3.05) is 17.8 Å². The predicted octanol–water partition coefficient (Wildman–Crippen LogP) is 3.35. The number of sulfone groups is 1. The van der Waals surface area contributed by atoms with Crippen LogP contribution in [0, 0.1) is 0 Å². The van der Waals surface area contributed by atoms with Crippen LogP contribution in [0.1, 0.15) is 19.4 Å². The van der Waals surface area contributed by atoms with Crippen molar-refractivity contribution in [1.29, 1.82) is 0 Å². The lowest BCUT2D eigenvalue weighted by molar-refractivity contribution is 0.0656. The Morgan fingerprint density at radius 1 is 1.29 bits per heavy atom. The number of imidazole rings is 1. The highest BCUT2D eigenvalue weighted by Gasteiger charge is 2.17. The molecule has 0 amide bonds. The summed E-state index contributed by atoms with van der Waals surface area (Å²) in [6.45, 7) is -2.64. The van der Waals surface area contributed by atoms with Gasteiger partial charge in [0.05, 0.1) is 11.0 Å². The summed E-state index contributed by atoms with van der Waals surface area (Å²) in [5.74, 6) is 0.685. The molecule has 2 aromatic rings. The molecule has 2 rings (SSSR count). The van der Waals surface area contributed by atoms with Gasteiger partial charge in [-0.1, -0.05) is 23.9 Å². The van der Waals surface area contributed by atoms with Gasteiger partial charge >= 0.3 is 6.55 Å². The lowest BCUT2D eigenvalue weighted by atomic mass is 10.3. The normalized spacial score (nSPS) is 12.4. The Morgan fingerprint density at radius 3 is 2.67 bits per heavy atom. The summed E-state index contributed by atoms with van der Waals surface area (Å²) in [5, 5.41) is 0.269. The number of unbranched alkanes of at least 4 members (excludes halogenated alkanes) is 1. The molecule has 0 unspecified atom stereocenters. The number of fused-ring (bicyclic) bond motifs is 1. The first-order valence-corrected chi connectivity index (χ1v) is 9.49. The second-order valence-electron chi connectivity index (χ2n) is 4.72. The van der Waals surface area contributed by atoms with Crippen LogP contribution in [0.15, 0.2) is 29.4 Å². The smallest absolute Gasteiger partial charge is 0.261 e. The maximum Gasteiger partial charge on any atom is 0.321 e. The van der Waals surface area contributed by atoms with Gasteiger partial charge in [0.15, 0.2) is 5.16 Å². The van der Waals surface area contributed by atoms with Gasteiger partial charge in [0.1, 0.15) is 9.84 Å². The number of hydrogen-bond donors (Lipinski definition) is 0. The standard InChI is InChI=1S/C13H16F2N2O2S2/c1-21(18,19)9-5-4-8-20-13-16-10-6-2-3-7-11(10)17(13)12(14)15/h2-3,6-7,12H,4-5,8-9H2,1H3. The largest absolute Gasteiger partial charge is 0.321 e. The van der Waals surface area contributed by atoms with E-state index in [0.717, 1.165) is 4.57 Å². The average Bonchev–Trinajstić information content (AvgIpc) is 2.75. The summed E-state index contributed by atoms with van der Waals surface area (Å²) in [6.07, 6.45) is 2.36. The van der Waals surface area contributed by atoms with Crippen LogP contribution >= 0.6 is 11.8 Å². The summed E-state index contributed by atoms with van der Waals surface area (Å²) in [5.41, 5.74) is 0.947. The fourth-order valence-corrected chi connectivity index (χ4v) is 3.68. The first kappa shape index (κ1) is 16.2. The molecule has 21 heavy (non-hydrogen) atoms. The molecule has 0 saturated carbocycles. The molecule has 0 N–H and O–H groups in total. The number of nitrogens with zero attached hydrogens (tertiary/aromatic N) is 2. The first-order valence-electron chi connectivity index (χ1n) is 6.44. The third-order valence-electron chi connectivity index (χ3n) is 2.90. The molecule has 0 saturated heterocycles. The molecule has 8 heteroatoms. The van der Waals surface area contributed by atoms with Crippen molar-refractivity contribution in [3.05, 3.63) is 24.3 Å². The number of aromatic nitrogens is 2. The fourth-order valence-electron chi connectivity index (χ4n) is 1.94. The zero-order valence-corrected chi connectivity index (χ0v) is 13.1. The molecular weight excluding hydrogens is 318 g/mol. The van der Waals surface area contributed by atoms with Gasteiger partial charge in [0, 0.05) is 17.8 Å². The van der Waals surface area contributed by atoms with Crippen LogP contribution in [0.2, 0.25) is 0 Å². The van der Waals surface area contributed by atoms with Gasteiger partial charge in [0.2, 0.25) is 0 Å². The highest BCUT2D eigenvalue weighted by Crippen LogP contribution is 2.29. The van der Waals surface area contributed by atoms with Crippen molar-refractivity contribution in [3.8, 4) is 0 Å². The van der Waals surface area contributed by atoms with Gasteiger partial charge in [-0.2, -0.15) is 8.78 Å². The molecule has 0 radical (unpaired) electrons. The van der Waals surface area contributed by atoms with Gasteiger partial charge in [0.25, 0.3) is 0 Å². The van der Waals surface area contributed by atoms with E-state index in [-0.39, 0.29) is 10.9 Å². The van der Waals surface area contributed by atoms with E-state index in [1.807, 2.05) is 0 Å². The minimum absolute atomic E-state index is 0.124. The molecule has 0 aliphatic rings. The minimum Gasteiger partial charge on any atom is -0.261 e. The third kappa shape index (κ3) is 4.41. The van der Waals surface area contributed by atoms with Crippen LogP contribution in [-0.2, 0) is 9.84 Å². The Labute approximate surface area is 126 Å². The van der Waals surface area contributed by atoms with Crippen LogP contribution < -0.4 is 0 Å². The Morgan fingerprint density at radius 2 is 2.00 bits per heavy atom. The van der Waals surface area contributed by atoms with Crippen LogP contribution in [0.5, 0.6) is 0 Å². The summed E-state index contributed by atoms with van der Waals surface area (Å²) in [6, 6.07) is 6.76. The van der Waals surface area contributed by atoms with E-state index in [1.54, 1.807) is 24.3 Å². The first-order chi connectivity index (χ1) is 9.88. The van der Waals surface area contributed by atoms with Crippen molar-refractivity contribution >= 4 is 32.6 Å². The lowest BCUT2D eigenvalue weighted by Gasteiger charge is -2.07. The Hall–Kier alpha value is -1.15. The molecule has 0 atom stereocenters.